The van der Waals surface area contributed by atoms with Crippen LogP contribution in [-0.2, 0) is 14.4 Å². The maximum atomic E-state index is 12.8. The summed E-state index contributed by atoms with van der Waals surface area (Å²) in [6.07, 6.45) is 3.30. The van der Waals surface area contributed by atoms with Crippen molar-refractivity contribution in [1.29, 1.82) is 0 Å². The molecule has 0 aromatic carbocycles. The third kappa shape index (κ3) is 3.61. The highest BCUT2D eigenvalue weighted by atomic mass is 32.2. The molecule has 4 nitrogen and oxygen atoms in total. The van der Waals surface area contributed by atoms with E-state index in [1.165, 1.54) is 11.8 Å². The third-order valence-corrected chi connectivity index (χ3v) is 6.81. The molecule has 0 saturated heterocycles. The summed E-state index contributed by atoms with van der Waals surface area (Å²) in [6.45, 7) is 10.2. The molecule has 134 valence electrons. The van der Waals surface area contributed by atoms with Crippen molar-refractivity contribution in [3.63, 3.8) is 0 Å². The van der Waals surface area contributed by atoms with E-state index >= 15 is 0 Å². The fraction of sp³-hybridized carbons (Fsp3) is 0.737. The van der Waals surface area contributed by atoms with Crippen LogP contribution in [0.25, 0.3) is 0 Å². The molecule has 1 fully saturated rings. The molecule has 24 heavy (non-hydrogen) atoms. The van der Waals surface area contributed by atoms with E-state index in [0.29, 0.717) is 5.75 Å². The zero-order chi connectivity index (χ0) is 18.3. The molecule has 0 aromatic rings. The maximum absolute atomic E-state index is 12.8. The summed E-state index contributed by atoms with van der Waals surface area (Å²) in [7, 11) is 1.71. The van der Waals surface area contributed by atoms with Gasteiger partial charge >= 0.3 is 0 Å². The lowest BCUT2D eigenvalue weighted by Crippen LogP contribution is -2.54. The van der Waals surface area contributed by atoms with Crippen molar-refractivity contribution in [2.45, 2.75) is 65.2 Å². The Morgan fingerprint density at radius 1 is 1.33 bits per heavy atom. The van der Waals surface area contributed by atoms with Gasteiger partial charge in [0.1, 0.15) is 6.29 Å². The highest BCUT2D eigenvalue weighted by Gasteiger charge is 2.52. The van der Waals surface area contributed by atoms with Crippen LogP contribution in [0, 0.1) is 10.8 Å². The van der Waals surface area contributed by atoms with Crippen LogP contribution in [0.3, 0.4) is 0 Å². The van der Waals surface area contributed by atoms with Crippen molar-refractivity contribution in [2.24, 2.45) is 10.8 Å². The van der Waals surface area contributed by atoms with Crippen molar-refractivity contribution in [3.05, 3.63) is 11.1 Å². The monoisotopic (exact) mass is 351 g/mol. The number of aldehydes is 1. The number of carbonyl (C=O) groups is 3. The van der Waals surface area contributed by atoms with Gasteiger partial charge in [0.25, 0.3) is 0 Å². The zero-order valence-electron chi connectivity index (χ0n) is 15.6. The molecular weight excluding hydrogens is 322 g/mol. The summed E-state index contributed by atoms with van der Waals surface area (Å²) in [5.74, 6) is 0.689. The lowest BCUT2D eigenvalue weighted by atomic mass is 9.55. The molecule has 5 heteroatoms. The van der Waals surface area contributed by atoms with Crippen molar-refractivity contribution in [2.75, 3.05) is 12.8 Å². The second kappa shape index (κ2) is 6.66. The fourth-order valence-electron chi connectivity index (χ4n) is 4.36. The smallest absolute Gasteiger partial charge is 0.228 e. The number of ketones is 1. The minimum absolute atomic E-state index is 0.0442. The second-order valence-corrected chi connectivity index (χ2v) is 9.73. The predicted octanol–water partition coefficient (Wildman–Crippen LogP) is 3.25. The predicted molar refractivity (Wildman–Crippen MR) is 98.0 cm³/mol. The Bertz CT molecular complexity index is 585. The Kier molecular flexibility index (Phi) is 5.34. The zero-order valence-corrected chi connectivity index (χ0v) is 16.5. The van der Waals surface area contributed by atoms with Gasteiger partial charge in [0.05, 0.1) is 11.3 Å². The first kappa shape index (κ1) is 19.2. The summed E-state index contributed by atoms with van der Waals surface area (Å²) in [4.78, 5) is 38.1. The maximum Gasteiger partial charge on any atom is 0.228 e. The number of nitrogens with zero attached hydrogens (tertiary/aromatic N) is 1. The Labute approximate surface area is 149 Å². The molecule has 2 aliphatic carbocycles. The first-order chi connectivity index (χ1) is 11.0. The lowest BCUT2D eigenvalue weighted by Gasteiger charge is -2.51. The van der Waals surface area contributed by atoms with Crippen LogP contribution in [0.2, 0.25) is 0 Å². The molecule has 2 unspecified atom stereocenters. The van der Waals surface area contributed by atoms with E-state index in [0.717, 1.165) is 36.7 Å². The Morgan fingerprint density at radius 2 is 1.92 bits per heavy atom. The van der Waals surface area contributed by atoms with Crippen LogP contribution in [0.1, 0.15) is 53.9 Å². The van der Waals surface area contributed by atoms with Crippen LogP contribution in [0.4, 0.5) is 0 Å². The molecule has 0 N–H and O–H groups in total. The van der Waals surface area contributed by atoms with Crippen LogP contribution < -0.4 is 0 Å². The van der Waals surface area contributed by atoms with E-state index in [1.54, 1.807) is 11.9 Å². The molecule has 2 aliphatic rings. The lowest BCUT2D eigenvalue weighted by molar-refractivity contribution is -0.155. The normalized spacial score (nSPS) is 26.1. The first-order valence-corrected chi connectivity index (χ1v) is 9.60. The summed E-state index contributed by atoms with van der Waals surface area (Å²) in [6, 6.07) is -0.475. The van der Waals surface area contributed by atoms with Gasteiger partial charge in [-0.15, -0.1) is 11.8 Å². The van der Waals surface area contributed by atoms with Crippen LogP contribution in [0.15, 0.2) is 11.1 Å². The number of hydrogen-bond acceptors (Lipinski definition) is 4. The minimum atomic E-state index is -0.475. The van der Waals surface area contributed by atoms with Crippen LogP contribution >= 0.6 is 11.8 Å². The van der Waals surface area contributed by atoms with E-state index in [-0.39, 0.29) is 27.8 Å². The molecule has 0 bridgehead atoms. The number of carbonyl (C=O) groups excluding carboxylic acids is 3. The van der Waals surface area contributed by atoms with Gasteiger partial charge in [0, 0.05) is 18.2 Å². The number of hydrogen-bond donors (Lipinski definition) is 0. The Balaban J connectivity index is 1.93. The standard InChI is InChI=1S/C19H29NO3S/c1-12-7-15(16(22)13(12)2)24-9-14(8-21)20(6)17(23)19(5)10-18(3,4)11-19/h8,14-15H,7,9-11H2,1-6H3. The molecule has 0 radical (unpaired) electrons. The van der Waals surface area contributed by atoms with E-state index in [4.69, 9.17) is 0 Å². The number of Topliss-reactive ketones (excluding diaryl/α,β-unsaturated/α-hetero) is 1. The average Bonchev–Trinajstić information content (AvgIpc) is 2.72. The first-order valence-electron chi connectivity index (χ1n) is 8.55. The molecule has 2 atom stereocenters. The Hall–Kier alpha value is -1.10. The summed E-state index contributed by atoms with van der Waals surface area (Å²) < 4.78 is 0. The summed E-state index contributed by atoms with van der Waals surface area (Å²) in [5, 5.41) is -0.103. The molecule has 0 heterocycles. The fourth-order valence-corrected chi connectivity index (χ4v) is 5.78. The van der Waals surface area contributed by atoms with Gasteiger partial charge in [-0.2, -0.15) is 0 Å². The largest absolute Gasteiger partial charge is 0.335 e. The van der Waals surface area contributed by atoms with Gasteiger partial charge in [-0.1, -0.05) is 26.3 Å². The molecule has 0 aromatic heterocycles. The van der Waals surface area contributed by atoms with Crippen molar-refractivity contribution < 1.29 is 14.4 Å². The number of rotatable bonds is 6. The molecule has 1 saturated carbocycles. The van der Waals surface area contributed by atoms with E-state index in [1.807, 2.05) is 20.8 Å². The highest BCUT2D eigenvalue weighted by Crippen LogP contribution is 2.54. The molecule has 1 amide bonds. The minimum Gasteiger partial charge on any atom is -0.335 e. The van der Waals surface area contributed by atoms with Crippen molar-refractivity contribution in [1.82, 2.24) is 4.90 Å². The second-order valence-electron chi connectivity index (χ2n) is 8.49. The van der Waals surface area contributed by atoms with Gasteiger partial charge in [0.15, 0.2) is 5.78 Å². The Morgan fingerprint density at radius 3 is 2.33 bits per heavy atom. The highest BCUT2D eigenvalue weighted by molar-refractivity contribution is 8.00. The van der Waals surface area contributed by atoms with Crippen molar-refractivity contribution in [3.8, 4) is 0 Å². The molecule has 0 aliphatic heterocycles. The molecule has 2 rings (SSSR count). The van der Waals surface area contributed by atoms with Crippen LogP contribution in [-0.4, -0.2) is 47.0 Å². The number of likely N-dealkylation sites (N-methyl/N-ethyl adjacent to an activating group) is 1. The van der Waals surface area contributed by atoms with Gasteiger partial charge in [0.2, 0.25) is 5.91 Å². The molecular formula is C19H29NO3S. The van der Waals surface area contributed by atoms with Gasteiger partial charge < -0.3 is 9.69 Å². The van der Waals surface area contributed by atoms with Gasteiger partial charge in [-0.3, -0.25) is 9.59 Å². The van der Waals surface area contributed by atoms with Crippen molar-refractivity contribution >= 4 is 29.7 Å². The van der Waals surface area contributed by atoms with Crippen LogP contribution in [0.5, 0.6) is 0 Å². The summed E-state index contributed by atoms with van der Waals surface area (Å²) >= 11 is 1.50. The molecule has 0 spiro atoms. The average molecular weight is 352 g/mol. The SMILES string of the molecule is CC1=C(C)C(=O)C(SCC(C=O)N(C)C(=O)C2(C)CC(C)(C)C2)C1. The van der Waals surface area contributed by atoms with Gasteiger partial charge in [-0.05, 0) is 44.1 Å². The number of allylic oxidation sites excluding steroid dienone is 2. The topological polar surface area (TPSA) is 54.5 Å². The van der Waals surface area contributed by atoms with Gasteiger partial charge in [-0.25, -0.2) is 0 Å². The number of amides is 1. The quantitative estimate of drug-likeness (QED) is 0.689. The van der Waals surface area contributed by atoms with E-state index in [9.17, 15) is 14.4 Å². The van der Waals surface area contributed by atoms with E-state index < -0.39 is 6.04 Å². The summed E-state index contributed by atoms with van der Waals surface area (Å²) in [5.41, 5.74) is 1.83. The van der Waals surface area contributed by atoms with E-state index in [2.05, 4.69) is 13.8 Å². The number of thioether (sulfide) groups is 1. The third-order valence-electron chi connectivity index (χ3n) is 5.49.